The molecule has 0 aliphatic carbocycles. The van der Waals surface area contributed by atoms with Crippen LogP contribution in [0.1, 0.15) is 16.7 Å². The van der Waals surface area contributed by atoms with E-state index in [2.05, 4.69) is 25.6 Å². The Hall–Kier alpha value is -3.71. The van der Waals surface area contributed by atoms with Crippen LogP contribution in [0.4, 0.5) is 49.6 Å². The number of sulfonamides is 2. The largest absolute Gasteiger partial charge is 0.511 e. The van der Waals surface area contributed by atoms with Crippen LogP contribution in [0.25, 0.3) is 0 Å². The maximum Gasteiger partial charge on any atom is 0.511 e. The molecule has 0 aliphatic heterocycles. The predicted molar refractivity (Wildman–Crippen MR) is 133 cm³/mol. The third kappa shape index (κ3) is 7.69. The van der Waals surface area contributed by atoms with E-state index in [9.17, 15) is 43.2 Å². The van der Waals surface area contributed by atoms with Gasteiger partial charge in [-0.25, -0.2) is 31.5 Å². The van der Waals surface area contributed by atoms with Crippen LogP contribution in [0.2, 0.25) is 0 Å². The van der Waals surface area contributed by atoms with Crippen molar-refractivity contribution in [2.75, 3.05) is 28.2 Å². The lowest BCUT2D eigenvalue weighted by atomic mass is 10.2. The minimum absolute atomic E-state index is 0.0172. The number of hydrogen-bond acceptors (Lipinski definition) is 9. The van der Waals surface area contributed by atoms with Gasteiger partial charge in [0.2, 0.25) is 16.0 Å². The zero-order chi connectivity index (χ0) is 29.9. The van der Waals surface area contributed by atoms with Crippen molar-refractivity contribution in [3.63, 3.8) is 0 Å². The fraction of sp³-hybridized carbons (Fsp3) is 0.286. The van der Waals surface area contributed by atoms with Crippen molar-refractivity contribution < 1.29 is 43.2 Å². The second-order valence-corrected chi connectivity index (χ2v) is 11.9. The summed E-state index contributed by atoms with van der Waals surface area (Å²) in [5.74, 6) is -1.00. The van der Waals surface area contributed by atoms with Crippen LogP contribution in [0.3, 0.4) is 0 Å². The van der Waals surface area contributed by atoms with Gasteiger partial charge in [-0.1, -0.05) is 18.2 Å². The number of alkyl halides is 6. The van der Waals surface area contributed by atoms with Gasteiger partial charge in [0.05, 0.1) is 6.26 Å². The minimum Gasteiger partial charge on any atom is -0.365 e. The summed E-state index contributed by atoms with van der Waals surface area (Å²) in [6.07, 6.45) is -2.11. The second-order valence-electron chi connectivity index (χ2n) is 8.12. The lowest BCUT2D eigenvalue weighted by molar-refractivity contribution is -0.137. The molecule has 0 bridgehead atoms. The zero-order valence-corrected chi connectivity index (χ0v) is 22.2. The predicted octanol–water partition coefficient (Wildman–Crippen LogP) is 3.58. The Bertz CT molecular complexity index is 1580. The minimum atomic E-state index is -5.59. The van der Waals surface area contributed by atoms with Crippen LogP contribution in [-0.2, 0) is 39.3 Å². The number of anilines is 4. The number of rotatable bonds is 10. The molecule has 3 aromatic rings. The van der Waals surface area contributed by atoms with E-state index in [4.69, 9.17) is 0 Å². The number of halogens is 6. The van der Waals surface area contributed by atoms with Crippen LogP contribution >= 0.6 is 0 Å². The first-order chi connectivity index (χ1) is 18.4. The molecular formula is C21H21F6N7O4S2. The average Bonchev–Trinajstić information content (AvgIpc) is 2.84. The van der Waals surface area contributed by atoms with Gasteiger partial charge in [0, 0.05) is 43.8 Å². The van der Waals surface area contributed by atoms with E-state index in [-0.39, 0.29) is 35.1 Å². The van der Waals surface area contributed by atoms with Crippen molar-refractivity contribution in [1.29, 1.82) is 0 Å². The monoisotopic (exact) mass is 613 g/mol. The van der Waals surface area contributed by atoms with Gasteiger partial charge in [-0.05, 0) is 23.8 Å². The fourth-order valence-electron chi connectivity index (χ4n) is 3.12. The highest BCUT2D eigenvalue weighted by Crippen LogP contribution is 2.34. The van der Waals surface area contributed by atoms with E-state index < -0.39 is 49.7 Å². The van der Waals surface area contributed by atoms with Crippen LogP contribution in [-0.4, -0.2) is 50.6 Å². The molecule has 0 aliphatic rings. The van der Waals surface area contributed by atoms with Crippen molar-refractivity contribution >= 4 is 43.3 Å². The molecule has 0 amide bonds. The maximum atomic E-state index is 13.6. The highest BCUT2D eigenvalue weighted by molar-refractivity contribution is 7.92. The number of aromatic nitrogens is 3. The van der Waals surface area contributed by atoms with Crippen molar-refractivity contribution in [2.24, 2.45) is 0 Å². The molecule has 2 heterocycles. The Balaban J connectivity index is 1.85. The van der Waals surface area contributed by atoms with Crippen LogP contribution in [0, 0.1) is 0 Å². The third-order valence-corrected chi connectivity index (χ3v) is 7.46. The molecule has 0 fully saturated rings. The summed E-state index contributed by atoms with van der Waals surface area (Å²) in [7, 11) is -8.08. The number of hydrogen-bond donors (Lipinski definition) is 3. The molecule has 2 aromatic heterocycles. The Kier molecular flexibility index (Phi) is 8.80. The van der Waals surface area contributed by atoms with E-state index in [0.29, 0.717) is 6.20 Å². The molecule has 218 valence electrons. The number of benzene rings is 1. The Labute approximate surface area is 224 Å². The van der Waals surface area contributed by atoms with E-state index >= 15 is 0 Å². The van der Waals surface area contributed by atoms with E-state index in [0.717, 1.165) is 10.6 Å². The second kappa shape index (κ2) is 11.4. The number of nitrogens with zero attached hydrogens (tertiary/aromatic N) is 4. The first kappa shape index (κ1) is 30.8. The standard InChI is InChI=1S/C21H21F6N7O4S2/c1-34(39(2,35)36)18-14(6-4-8-28-18)11-29-17-16(20(22,23)24)12-30-19(33-17)32-15-7-3-5-13(9-15)10-31-40(37,38)21(25,26)27/h3-9,12,31H,10-11H2,1-2H3,(H2,29,30,32,33). The zero-order valence-electron chi connectivity index (χ0n) is 20.5. The summed E-state index contributed by atoms with van der Waals surface area (Å²) in [5.41, 5.74) is -6.25. The average molecular weight is 614 g/mol. The molecule has 0 saturated carbocycles. The van der Waals surface area contributed by atoms with Gasteiger partial charge in [-0.15, -0.1) is 0 Å². The highest BCUT2D eigenvalue weighted by atomic mass is 32.2. The van der Waals surface area contributed by atoms with Crippen molar-refractivity contribution in [2.45, 2.75) is 24.8 Å². The molecular weight excluding hydrogens is 592 g/mol. The van der Waals surface area contributed by atoms with Gasteiger partial charge in [0.15, 0.2) is 0 Å². The molecule has 0 atom stereocenters. The molecule has 11 nitrogen and oxygen atoms in total. The Morgan fingerprint density at radius 1 is 0.950 bits per heavy atom. The fourth-order valence-corrected chi connectivity index (χ4v) is 4.12. The maximum absolute atomic E-state index is 13.6. The first-order valence-corrected chi connectivity index (χ1v) is 14.2. The molecule has 3 N–H and O–H groups in total. The van der Waals surface area contributed by atoms with Gasteiger partial charge < -0.3 is 10.6 Å². The molecule has 1 aromatic carbocycles. The summed E-state index contributed by atoms with van der Waals surface area (Å²) < 4.78 is 127. The molecule has 40 heavy (non-hydrogen) atoms. The highest BCUT2D eigenvalue weighted by Gasteiger charge is 2.45. The van der Waals surface area contributed by atoms with Crippen molar-refractivity contribution in [3.05, 3.63) is 65.5 Å². The topological polar surface area (TPSA) is 146 Å². The van der Waals surface area contributed by atoms with Crippen molar-refractivity contribution in [3.8, 4) is 0 Å². The quantitative estimate of drug-likeness (QED) is 0.292. The Morgan fingerprint density at radius 2 is 1.65 bits per heavy atom. The summed E-state index contributed by atoms with van der Waals surface area (Å²) in [4.78, 5) is 11.5. The van der Waals surface area contributed by atoms with Crippen LogP contribution in [0.15, 0.2) is 48.8 Å². The van der Waals surface area contributed by atoms with E-state index in [1.165, 1.54) is 54.4 Å². The molecule has 19 heteroatoms. The molecule has 3 rings (SSSR count). The van der Waals surface area contributed by atoms with E-state index in [1.807, 2.05) is 0 Å². The lowest BCUT2D eigenvalue weighted by Crippen LogP contribution is -2.35. The summed E-state index contributed by atoms with van der Waals surface area (Å²) >= 11 is 0. The summed E-state index contributed by atoms with van der Waals surface area (Å²) in [6.45, 7) is -1.02. The SMILES string of the molecule is CN(c1ncccc1CNc1nc(Nc2cccc(CNS(=O)(=O)C(F)(F)F)c2)ncc1C(F)(F)F)S(C)(=O)=O. The van der Waals surface area contributed by atoms with Crippen LogP contribution in [0.5, 0.6) is 0 Å². The van der Waals surface area contributed by atoms with Gasteiger partial charge in [-0.3, -0.25) is 4.31 Å². The Morgan fingerprint density at radius 3 is 2.27 bits per heavy atom. The number of pyridine rings is 1. The smallest absolute Gasteiger partial charge is 0.365 e. The van der Waals surface area contributed by atoms with Crippen LogP contribution < -0.4 is 19.7 Å². The third-order valence-electron chi connectivity index (χ3n) is 5.16. The first-order valence-electron chi connectivity index (χ1n) is 10.9. The van der Waals surface area contributed by atoms with Crippen molar-refractivity contribution in [1.82, 2.24) is 19.7 Å². The summed E-state index contributed by atoms with van der Waals surface area (Å²) in [5, 5.41) is 5.13. The molecule has 0 unspecified atom stereocenters. The van der Waals surface area contributed by atoms with Gasteiger partial charge in [0.25, 0.3) is 0 Å². The summed E-state index contributed by atoms with van der Waals surface area (Å²) in [6, 6.07) is 8.27. The van der Waals surface area contributed by atoms with Gasteiger partial charge in [0.1, 0.15) is 17.2 Å². The number of nitrogens with one attached hydrogen (secondary N) is 3. The van der Waals surface area contributed by atoms with Gasteiger partial charge in [-0.2, -0.15) is 31.3 Å². The normalized spacial score (nSPS) is 12.7. The molecule has 0 spiro atoms. The molecule has 0 radical (unpaired) electrons. The lowest BCUT2D eigenvalue weighted by Gasteiger charge is -2.20. The van der Waals surface area contributed by atoms with Gasteiger partial charge >= 0.3 is 21.7 Å². The van der Waals surface area contributed by atoms with E-state index in [1.54, 1.807) is 0 Å². The molecule has 0 saturated heterocycles.